The van der Waals surface area contributed by atoms with Gasteiger partial charge in [-0.05, 0) is 52.8 Å². The smallest absolute Gasteiger partial charge is 0.240 e. The normalized spacial score (nSPS) is 10.6. The Balaban J connectivity index is 2.14. The molecule has 0 unspecified atom stereocenters. The Labute approximate surface area is 132 Å². The van der Waals surface area contributed by atoms with Crippen molar-refractivity contribution in [1.82, 2.24) is 4.98 Å². The molecule has 0 aliphatic rings. The van der Waals surface area contributed by atoms with Crippen LogP contribution in [-0.2, 0) is 0 Å². The molecular formula is C15H17IN2O2. The number of nitrogen functional groups attached to an aromatic ring is 1. The number of nitrogens with two attached hydrogens (primary N) is 1. The predicted molar refractivity (Wildman–Crippen MR) is 88.2 cm³/mol. The Hall–Kier alpha value is -1.50. The number of ether oxygens (including phenoxy) is 2. The second-order valence-corrected chi connectivity index (χ2v) is 6.05. The van der Waals surface area contributed by atoms with Crippen molar-refractivity contribution in [3.05, 3.63) is 40.0 Å². The van der Waals surface area contributed by atoms with Crippen LogP contribution in [0.15, 0.2) is 36.4 Å². The fraction of sp³-hybridized carbons (Fsp3) is 0.267. The molecule has 0 bridgehead atoms. The second kappa shape index (κ2) is 6.78. The predicted octanol–water partition coefficient (Wildman–Crippen LogP) is 4.10. The van der Waals surface area contributed by atoms with Crippen molar-refractivity contribution >= 4 is 28.3 Å². The lowest BCUT2D eigenvalue weighted by molar-refractivity contribution is 0.260. The average molecular weight is 384 g/mol. The summed E-state index contributed by atoms with van der Waals surface area (Å²) in [4.78, 5) is 4.30. The summed E-state index contributed by atoms with van der Waals surface area (Å²) in [6, 6.07) is 11.2. The molecule has 106 valence electrons. The van der Waals surface area contributed by atoms with Gasteiger partial charge in [0.1, 0.15) is 5.75 Å². The first-order valence-corrected chi connectivity index (χ1v) is 7.45. The lowest BCUT2D eigenvalue weighted by Gasteiger charge is -2.11. The molecule has 2 N–H and O–H groups in total. The Bertz CT molecular complexity index is 588. The summed E-state index contributed by atoms with van der Waals surface area (Å²) in [5.74, 6) is 2.04. The fourth-order valence-corrected chi connectivity index (χ4v) is 2.02. The van der Waals surface area contributed by atoms with Crippen LogP contribution in [-0.4, -0.2) is 11.6 Å². The summed E-state index contributed by atoms with van der Waals surface area (Å²) in [7, 11) is 0. The van der Waals surface area contributed by atoms with Crippen LogP contribution in [0.25, 0.3) is 0 Å². The van der Waals surface area contributed by atoms with Crippen LogP contribution in [0.3, 0.4) is 0 Å². The van der Waals surface area contributed by atoms with E-state index < -0.39 is 0 Å². The first-order valence-electron chi connectivity index (χ1n) is 6.37. The van der Waals surface area contributed by atoms with Crippen LogP contribution >= 0.6 is 22.6 Å². The summed E-state index contributed by atoms with van der Waals surface area (Å²) in [6.07, 6.45) is 0. The molecule has 5 heteroatoms. The van der Waals surface area contributed by atoms with Crippen LogP contribution in [0.2, 0.25) is 0 Å². The number of benzene rings is 1. The molecule has 4 nitrogen and oxygen atoms in total. The largest absolute Gasteiger partial charge is 0.476 e. The summed E-state index contributed by atoms with van der Waals surface area (Å²) in [6.45, 7) is 4.72. The maximum absolute atomic E-state index is 5.85. The Kier molecular flexibility index (Phi) is 5.05. The SMILES string of the molecule is CC(C)COc1nc(Oc2cccc(I)c2)ccc1N. The van der Waals surface area contributed by atoms with E-state index in [0.717, 1.165) is 9.32 Å². The van der Waals surface area contributed by atoms with Crippen LogP contribution in [0, 0.1) is 9.49 Å². The zero-order valence-electron chi connectivity index (χ0n) is 11.5. The molecule has 0 aliphatic heterocycles. The molecule has 0 spiro atoms. The topological polar surface area (TPSA) is 57.4 Å². The van der Waals surface area contributed by atoms with Gasteiger partial charge in [0.15, 0.2) is 0 Å². The molecule has 2 rings (SSSR count). The van der Waals surface area contributed by atoms with Gasteiger partial charge in [-0.25, -0.2) is 0 Å². The minimum absolute atomic E-state index is 0.413. The number of aromatic nitrogens is 1. The zero-order chi connectivity index (χ0) is 14.5. The Morgan fingerprint density at radius 3 is 2.75 bits per heavy atom. The van der Waals surface area contributed by atoms with Crippen molar-refractivity contribution in [2.24, 2.45) is 5.92 Å². The molecule has 1 heterocycles. The number of hydrogen-bond acceptors (Lipinski definition) is 4. The zero-order valence-corrected chi connectivity index (χ0v) is 13.6. The van der Waals surface area contributed by atoms with Gasteiger partial charge in [0, 0.05) is 9.64 Å². The van der Waals surface area contributed by atoms with E-state index in [1.165, 1.54) is 0 Å². The van der Waals surface area contributed by atoms with Crippen LogP contribution in [0.5, 0.6) is 17.5 Å². The summed E-state index contributed by atoms with van der Waals surface area (Å²) < 4.78 is 12.4. The minimum Gasteiger partial charge on any atom is -0.476 e. The second-order valence-electron chi connectivity index (χ2n) is 4.81. The molecular weight excluding hydrogens is 367 g/mol. The van der Waals surface area contributed by atoms with E-state index in [2.05, 4.69) is 41.4 Å². The van der Waals surface area contributed by atoms with E-state index in [0.29, 0.717) is 30.0 Å². The van der Waals surface area contributed by atoms with Crippen LogP contribution < -0.4 is 15.2 Å². The van der Waals surface area contributed by atoms with Crippen molar-refractivity contribution in [3.8, 4) is 17.5 Å². The van der Waals surface area contributed by atoms with Crippen molar-refractivity contribution < 1.29 is 9.47 Å². The third-order valence-electron chi connectivity index (χ3n) is 2.44. The molecule has 20 heavy (non-hydrogen) atoms. The standard InChI is InChI=1S/C15H17IN2O2/c1-10(2)9-19-15-13(17)6-7-14(18-15)20-12-5-3-4-11(16)8-12/h3-8,10H,9,17H2,1-2H3. The molecule has 2 aromatic rings. The number of pyridine rings is 1. The lowest BCUT2D eigenvalue weighted by Crippen LogP contribution is -2.07. The van der Waals surface area contributed by atoms with Crippen molar-refractivity contribution in [2.45, 2.75) is 13.8 Å². The molecule has 0 fully saturated rings. The number of nitrogens with zero attached hydrogens (tertiary/aromatic N) is 1. The van der Waals surface area contributed by atoms with Crippen LogP contribution in [0.1, 0.15) is 13.8 Å². The third kappa shape index (κ3) is 4.26. The van der Waals surface area contributed by atoms with Crippen molar-refractivity contribution in [3.63, 3.8) is 0 Å². The van der Waals surface area contributed by atoms with Gasteiger partial charge in [0.25, 0.3) is 0 Å². The molecule has 0 saturated heterocycles. The molecule has 1 aromatic heterocycles. The van der Waals surface area contributed by atoms with E-state index in [1.54, 1.807) is 12.1 Å². The molecule has 0 amide bonds. The quantitative estimate of drug-likeness (QED) is 0.789. The van der Waals surface area contributed by atoms with E-state index in [9.17, 15) is 0 Å². The maximum Gasteiger partial charge on any atom is 0.240 e. The van der Waals surface area contributed by atoms with E-state index in [-0.39, 0.29) is 0 Å². The first kappa shape index (κ1) is 14.9. The van der Waals surface area contributed by atoms with Gasteiger partial charge in [0.05, 0.1) is 12.3 Å². The molecule has 0 radical (unpaired) electrons. The summed E-state index contributed by atoms with van der Waals surface area (Å²) in [5.41, 5.74) is 6.36. The average Bonchev–Trinajstić information content (AvgIpc) is 2.39. The number of anilines is 1. The van der Waals surface area contributed by atoms with E-state index >= 15 is 0 Å². The van der Waals surface area contributed by atoms with Gasteiger partial charge in [-0.2, -0.15) is 4.98 Å². The number of hydrogen-bond donors (Lipinski definition) is 1. The minimum atomic E-state index is 0.413. The van der Waals surface area contributed by atoms with Crippen LogP contribution in [0.4, 0.5) is 5.69 Å². The highest BCUT2D eigenvalue weighted by molar-refractivity contribution is 14.1. The van der Waals surface area contributed by atoms with Gasteiger partial charge >= 0.3 is 0 Å². The first-order chi connectivity index (χ1) is 9.54. The summed E-state index contributed by atoms with van der Waals surface area (Å²) >= 11 is 2.24. The highest BCUT2D eigenvalue weighted by Crippen LogP contribution is 2.26. The molecule has 0 saturated carbocycles. The highest BCUT2D eigenvalue weighted by atomic mass is 127. The molecule has 1 aromatic carbocycles. The van der Waals surface area contributed by atoms with E-state index in [1.807, 2.05) is 24.3 Å². The van der Waals surface area contributed by atoms with Gasteiger partial charge in [-0.3, -0.25) is 0 Å². The van der Waals surface area contributed by atoms with Gasteiger partial charge < -0.3 is 15.2 Å². The highest BCUT2D eigenvalue weighted by Gasteiger charge is 2.07. The van der Waals surface area contributed by atoms with Crippen molar-refractivity contribution in [2.75, 3.05) is 12.3 Å². The third-order valence-corrected chi connectivity index (χ3v) is 3.11. The molecule has 0 aliphatic carbocycles. The van der Waals surface area contributed by atoms with Gasteiger partial charge in [-0.15, -0.1) is 0 Å². The number of halogens is 1. The van der Waals surface area contributed by atoms with Crippen molar-refractivity contribution in [1.29, 1.82) is 0 Å². The summed E-state index contributed by atoms with van der Waals surface area (Å²) in [5, 5.41) is 0. The lowest BCUT2D eigenvalue weighted by atomic mass is 10.2. The van der Waals surface area contributed by atoms with Gasteiger partial charge in [0.2, 0.25) is 11.8 Å². The fourth-order valence-electron chi connectivity index (χ4n) is 1.50. The monoisotopic (exact) mass is 384 g/mol. The Morgan fingerprint density at radius 2 is 2.05 bits per heavy atom. The van der Waals surface area contributed by atoms with Gasteiger partial charge in [-0.1, -0.05) is 19.9 Å². The Morgan fingerprint density at radius 1 is 1.25 bits per heavy atom. The maximum atomic E-state index is 5.85. The number of rotatable bonds is 5. The molecule has 0 atom stereocenters. The van der Waals surface area contributed by atoms with E-state index in [4.69, 9.17) is 15.2 Å².